The van der Waals surface area contributed by atoms with Gasteiger partial charge >= 0.3 is 0 Å². The number of halogens is 1. The highest BCUT2D eigenvalue weighted by Crippen LogP contribution is 2.16. The molecule has 3 rings (SSSR count). The number of H-pyrrole nitrogens is 1. The van der Waals surface area contributed by atoms with Crippen LogP contribution in [0, 0.1) is 5.82 Å². The fourth-order valence-electron chi connectivity index (χ4n) is 2.03. The van der Waals surface area contributed by atoms with Crippen molar-refractivity contribution in [2.45, 2.75) is 11.4 Å². The Hall–Kier alpha value is -2.25. The fourth-order valence-corrected chi connectivity index (χ4v) is 3.04. The van der Waals surface area contributed by atoms with E-state index in [1.54, 1.807) is 18.5 Å². The molecule has 0 aliphatic rings. The summed E-state index contributed by atoms with van der Waals surface area (Å²) in [6.07, 6.45) is 3.37. The van der Waals surface area contributed by atoms with Gasteiger partial charge in [-0.3, -0.25) is 0 Å². The first-order valence-electron chi connectivity index (χ1n) is 6.22. The Morgan fingerprint density at radius 1 is 1.19 bits per heavy atom. The van der Waals surface area contributed by atoms with Crippen LogP contribution in [0.5, 0.6) is 0 Å². The molecule has 1 aromatic carbocycles. The maximum Gasteiger partial charge on any atom is 0.240 e. The lowest BCUT2D eigenvalue weighted by Crippen LogP contribution is -2.23. The Labute approximate surface area is 120 Å². The molecule has 0 unspecified atom stereocenters. The molecule has 0 saturated heterocycles. The number of fused-ring (bicyclic) bond motifs is 1. The Balaban J connectivity index is 1.82. The molecule has 0 saturated carbocycles. The minimum atomic E-state index is -3.67. The van der Waals surface area contributed by atoms with E-state index in [2.05, 4.69) is 14.7 Å². The second-order valence-corrected chi connectivity index (χ2v) is 6.26. The minimum Gasteiger partial charge on any atom is -0.346 e. The van der Waals surface area contributed by atoms with E-state index in [0.29, 0.717) is 5.65 Å². The van der Waals surface area contributed by atoms with Crippen molar-refractivity contribution in [3.8, 4) is 0 Å². The van der Waals surface area contributed by atoms with Crippen LogP contribution in [0.3, 0.4) is 0 Å². The molecular weight excluding hydrogens is 293 g/mol. The number of hydrogen-bond donors (Lipinski definition) is 2. The van der Waals surface area contributed by atoms with Gasteiger partial charge in [-0.25, -0.2) is 22.5 Å². The molecule has 0 radical (unpaired) electrons. The maximum atomic E-state index is 12.8. The van der Waals surface area contributed by atoms with Crippen LogP contribution in [-0.4, -0.2) is 18.4 Å². The van der Waals surface area contributed by atoms with Crippen LogP contribution in [0.15, 0.2) is 53.7 Å². The van der Waals surface area contributed by atoms with Crippen LogP contribution < -0.4 is 4.72 Å². The molecule has 3 aromatic rings. The number of pyridine rings is 1. The van der Waals surface area contributed by atoms with Crippen LogP contribution >= 0.6 is 0 Å². The summed E-state index contributed by atoms with van der Waals surface area (Å²) >= 11 is 0. The topological polar surface area (TPSA) is 74.8 Å². The van der Waals surface area contributed by atoms with Gasteiger partial charge in [0.1, 0.15) is 11.5 Å². The van der Waals surface area contributed by atoms with E-state index in [1.165, 1.54) is 12.1 Å². The third kappa shape index (κ3) is 2.79. The van der Waals surface area contributed by atoms with E-state index in [-0.39, 0.29) is 11.4 Å². The summed E-state index contributed by atoms with van der Waals surface area (Å²) in [5, 5.41) is 0.860. The maximum absolute atomic E-state index is 12.8. The molecule has 2 N–H and O–H groups in total. The molecule has 0 amide bonds. The van der Waals surface area contributed by atoms with E-state index >= 15 is 0 Å². The van der Waals surface area contributed by atoms with Crippen LogP contribution in [-0.2, 0) is 16.6 Å². The lowest BCUT2D eigenvalue weighted by Gasteiger charge is -2.06. The van der Waals surface area contributed by atoms with Gasteiger partial charge in [0.05, 0.1) is 4.90 Å². The number of aromatic nitrogens is 2. The first-order valence-corrected chi connectivity index (χ1v) is 7.71. The van der Waals surface area contributed by atoms with Gasteiger partial charge in [-0.15, -0.1) is 0 Å². The van der Waals surface area contributed by atoms with E-state index in [4.69, 9.17) is 0 Å². The summed E-state index contributed by atoms with van der Waals surface area (Å²) in [7, 11) is -3.67. The average molecular weight is 305 g/mol. The standard InChI is InChI=1S/C14H12FN3O2S/c15-11-3-5-12(6-4-11)21(19,20)18-9-10-8-17-14-13(10)2-1-7-16-14/h1-8,18H,9H2,(H,16,17). The number of hydrogen-bond acceptors (Lipinski definition) is 3. The zero-order valence-electron chi connectivity index (χ0n) is 10.9. The summed E-state index contributed by atoms with van der Waals surface area (Å²) in [5.74, 6) is -0.475. The number of nitrogens with zero attached hydrogens (tertiary/aromatic N) is 1. The van der Waals surface area contributed by atoms with Crippen LogP contribution in [0.2, 0.25) is 0 Å². The molecule has 2 aromatic heterocycles. The van der Waals surface area contributed by atoms with E-state index in [9.17, 15) is 12.8 Å². The summed E-state index contributed by atoms with van der Waals surface area (Å²) in [4.78, 5) is 7.15. The van der Waals surface area contributed by atoms with Gasteiger partial charge in [-0.05, 0) is 42.0 Å². The van der Waals surface area contributed by atoms with E-state index < -0.39 is 15.8 Å². The highest BCUT2D eigenvalue weighted by atomic mass is 32.2. The number of nitrogens with one attached hydrogen (secondary N) is 2. The van der Waals surface area contributed by atoms with Gasteiger partial charge in [-0.2, -0.15) is 0 Å². The fraction of sp³-hybridized carbons (Fsp3) is 0.0714. The molecular formula is C14H12FN3O2S. The van der Waals surface area contributed by atoms with E-state index in [1.807, 2.05) is 6.07 Å². The van der Waals surface area contributed by atoms with Gasteiger partial charge in [0.25, 0.3) is 0 Å². The van der Waals surface area contributed by atoms with Crippen LogP contribution in [0.4, 0.5) is 4.39 Å². The highest BCUT2D eigenvalue weighted by Gasteiger charge is 2.14. The number of sulfonamides is 1. The molecule has 0 atom stereocenters. The lowest BCUT2D eigenvalue weighted by atomic mass is 10.2. The van der Waals surface area contributed by atoms with Crippen LogP contribution in [0.1, 0.15) is 5.56 Å². The molecule has 0 fully saturated rings. The predicted molar refractivity (Wildman–Crippen MR) is 76.5 cm³/mol. The minimum absolute atomic E-state index is 0.0295. The Kier molecular flexibility index (Phi) is 3.44. The summed E-state index contributed by atoms with van der Waals surface area (Å²) in [6.45, 7) is 0.130. The lowest BCUT2D eigenvalue weighted by molar-refractivity contribution is 0.580. The molecule has 0 aliphatic heterocycles. The Morgan fingerprint density at radius 3 is 2.71 bits per heavy atom. The average Bonchev–Trinajstić information content (AvgIpc) is 2.89. The van der Waals surface area contributed by atoms with Gasteiger partial charge in [0.15, 0.2) is 0 Å². The molecule has 21 heavy (non-hydrogen) atoms. The van der Waals surface area contributed by atoms with Crippen molar-refractivity contribution in [1.82, 2.24) is 14.7 Å². The number of benzene rings is 1. The molecule has 2 heterocycles. The first kappa shape index (κ1) is 13.7. The SMILES string of the molecule is O=S(=O)(NCc1c[nH]c2ncccc12)c1ccc(F)cc1. The van der Waals surface area contributed by atoms with E-state index in [0.717, 1.165) is 23.1 Å². The molecule has 108 valence electrons. The van der Waals surface area contributed by atoms with Crippen molar-refractivity contribution in [2.24, 2.45) is 0 Å². The quantitative estimate of drug-likeness (QED) is 0.776. The third-order valence-corrected chi connectivity index (χ3v) is 4.53. The molecule has 7 heteroatoms. The molecule has 0 spiro atoms. The highest BCUT2D eigenvalue weighted by molar-refractivity contribution is 7.89. The van der Waals surface area contributed by atoms with Gasteiger partial charge in [0.2, 0.25) is 10.0 Å². The molecule has 0 aliphatic carbocycles. The van der Waals surface area contributed by atoms with Crippen molar-refractivity contribution in [1.29, 1.82) is 0 Å². The van der Waals surface area contributed by atoms with Crippen molar-refractivity contribution in [3.05, 3.63) is 60.2 Å². The van der Waals surface area contributed by atoms with Gasteiger partial charge in [0, 0.05) is 24.3 Å². The molecule has 0 bridgehead atoms. The second kappa shape index (κ2) is 5.27. The Bertz CT molecular complexity index is 873. The zero-order valence-corrected chi connectivity index (χ0v) is 11.7. The van der Waals surface area contributed by atoms with Gasteiger partial charge < -0.3 is 4.98 Å². The van der Waals surface area contributed by atoms with Crippen LogP contribution in [0.25, 0.3) is 11.0 Å². The number of aromatic amines is 1. The largest absolute Gasteiger partial charge is 0.346 e. The van der Waals surface area contributed by atoms with Crippen molar-refractivity contribution in [2.75, 3.05) is 0 Å². The first-order chi connectivity index (χ1) is 10.1. The van der Waals surface area contributed by atoms with Crippen molar-refractivity contribution >= 4 is 21.1 Å². The zero-order chi connectivity index (χ0) is 14.9. The summed E-state index contributed by atoms with van der Waals surface area (Å²) in [5.41, 5.74) is 1.50. The normalized spacial score (nSPS) is 11.9. The predicted octanol–water partition coefficient (Wildman–Crippen LogP) is 2.18. The second-order valence-electron chi connectivity index (χ2n) is 4.49. The summed E-state index contributed by atoms with van der Waals surface area (Å²) in [6, 6.07) is 8.34. The van der Waals surface area contributed by atoms with Gasteiger partial charge in [-0.1, -0.05) is 0 Å². The van der Waals surface area contributed by atoms with Crippen molar-refractivity contribution in [3.63, 3.8) is 0 Å². The third-order valence-electron chi connectivity index (χ3n) is 3.11. The monoisotopic (exact) mass is 305 g/mol. The number of rotatable bonds is 4. The van der Waals surface area contributed by atoms with Crippen molar-refractivity contribution < 1.29 is 12.8 Å². The molecule has 5 nitrogen and oxygen atoms in total. The Morgan fingerprint density at radius 2 is 1.95 bits per heavy atom. The summed E-state index contributed by atoms with van der Waals surface area (Å²) < 4.78 is 39.6. The smallest absolute Gasteiger partial charge is 0.240 e.